The highest BCUT2D eigenvalue weighted by atomic mass is 35.5. The molecule has 3 N–H and O–H groups in total. The summed E-state index contributed by atoms with van der Waals surface area (Å²) in [5.74, 6) is -0.411. The van der Waals surface area contributed by atoms with Gasteiger partial charge >= 0.3 is 6.09 Å². The predicted octanol–water partition coefficient (Wildman–Crippen LogP) is 2.61. The lowest BCUT2D eigenvalue weighted by Gasteiger charge is -2.22. The average molecular weight is 327 g/mol. The molecule has 22 heavy (non-hydrogen) atoms. The van der Waals surface area contributed by atoms with Gasteiger partial charge in [0.05, 0.1) is 6.10 Å². The normalized spacial score (nSPS) is 21.4. The number of rotatable bonds is 1. The topological polar surface area (TPSA) is 87.7 Å². The molecule has 0 spiro atoms. The predicted molar refractivity (Wildman–Crippen MR) is 82.8 cm³/mol. The molecule has 0 aromatic heterocycles. The van der Waals surface area contributed by atoms with Crippen LogP contribution in [0.5, 0.6) is 0 Å². The number of alkyl carbamates (subject to hydrolysis) is 1. The second-order valence-electron chi connectivity index (χ2n) is 6.17. The molecule has 0 fully saturated rings. The van der Waals surface area contributed by atoms with E-state index in [-0.39, 0.29) is 6.42 Å². The van der Waals surface area contributed by atoms with Gasteiger partial charge in [-0.2, -0.15) is 0 Å². The first kappa shape index (κ1) is 16.6. The number of hydrogen-bond acceptors (Lipinski definition) is 4. The minimum absolute atomic E-state index is 0.0401. The molecule has 0 aliphatic carbocycles. The van der Waals surface area contributed by atoms with Crippen LogP contribution in [0.1, 0.15) is 38.9 Å². The lowest BCUT2D eigenvalue weighted by Crippen LogP contribution is -2.45. The van der Waals surface area contributed by atoms with Crippen molar-refractivity contribution in [2.75, 3.05) is 5.32 Å². The van der Waals surface area contributed by atoms with Crippen LogP contribution in [0.2, 0.25) is 5.02 Å². The summed E-state index contributed by atoms with van der Waals surface area (Å²) in [6.45, 7) is 5.19. The summed E-state index contributed by atoms with van der Waals surface area (Å²) in [4.78, 5) is 24.0. The van der Waals surface area contributed by atoms with Crippen molar-refractivity contribution in [3.05, 3.63) is 28.8 Å². The van der Waals surface area contributed by atoms with Gasteiger partial charge in [0.2, 0.25) is 5.91 Å². The van der Waals surface area contributed by atoms with Gasteiger partial charge in [-0.3, -0.25) is 4.79 Å². The molecule has 0 saturated heterocycles. The zero-order valence-electron chi connectivity index (χ0n) is 12.6. The van der Waals surface area contributed by atoms with Crippen molar-refractivity contribution >= 4 is 29.3 Å². The lowest BCUT2D eigenvalue weighted by atomic mass is 10.0. The maximum Gasteiger partial charge on any atom is 0.408 e. The Hall–Kier alpha value is -1.79. The quantitative estimate of drug-likeness (QED) is 0.740. The third-order valence-corrected chi connectivity index (χ3v) is 3.33. The van der Waals surface area contributed by atoms with E-state index >= 15 is 0 Å². The summed E-state index contributed by atoms with van der Waals surface area (Å²) in [5.41, 5.74) is 0.338. The van der Waals surface area contributed by atoms with E-state index in [2.05, 4.69) is 10.6 Å². The fourth-order valence-corrected chi connectivity index (χ4v) is 2.36. The van der Waals surface area contributed by atoms with Crippen molar-refractivity contribution in [1.29, 1.82) is 0 Å². The number of ether oxygens (including phenoxy) is 1. The van der Waals surface area contributed by atoms with E-state index < -0.39 is 29.7 Å². The van der Waals surface area contributed by atoms with Gasteiger partial charge in [0.1, 0.15) is 11.6 Å². The third kappa shape index (κ3) is 4.11. The molecule has 1 aliphatic heterocycles. The minimum Gasteiger partial charge on any atom is -0.444 e. The maximum atomic E-state index is 12.2. The Morgan fingerprint density at radius 1 is 1.45 bits per heavy atom. The minimum atomic E-state index is -0.924. The SMILES string of the molecule is CC(C)(C)OC(=O)NC1CC(O)c2cc(Cl)ccc2NC1=O. The number of hydrogen-bond donors (Lipinski definition) is 3. The zero-order chi connectivity index (χ0) is 16.5. The molecule has 1 heterocycles. The van der Waals surface area contributed by atoms with E-state index in [0.717, 1.165) is 0 Å². The summed E-state index contributed by atoms with van der Waals surface area (Å²) in [6, 6.07) is 3.94. The van der Waals surface area contributed by atoms with Gasteiger partial charge in [-0.1, -0.05) is 11.6 Å². The number of nitrogens with one attached hydrogen (secondary N) is 2. The number of aliphatic hydroxyl groups is 1. The molecule has 2 atom stereocenters. The van der Waals surface area contributed by atoms with Crippen molar-refractivity contribution < 1.29 is 19.4 Å². The zero-order valence-corrected chi connectivity index (χ0v) is 13.4. The van der Waals surface area contributed by atoms with E-state index in [9.17, 15) is 14.7 Å². The molecule has 6 nitrogen and oxygen atoms in total. The van der Waals surface area contributed by atoms with Crippen LogP contribution in [0.4, 0.5) is 10.5 Å². The van der Waals surface area contributed by atoms with Crippen molar-refractivity contribution in [3.8, 4) is 0 Å². The van der Waals surface area contributed by atoms with Gasteiger partial charge in [0, 0.05) is 22.7 Å². The van der Waals surface area contributed by atoms with Gasteiger partial charge in [-0.25, -0.2) is 4.79 Å². The Labute approximate surface area is 133 Å². The Morgan fingerprint density at radius 3 is 2.77 bits per heavy atom. The number of fused-ring (bicyclic) bond motifs is 1. The Morgan fingerprint density at radius 2 is 2.14 bits per heavy atom. The molecule has 2 unspecified atom stereocenters. The largest absolute Gasteiger partial charge is 0.444 e. The highest BCUT2D eigenvalue weighted by Crippen LogP contribution is 2.32. The number of carbonyl (C=O) groups excluding carboxylic acids is 2. The number of carbonyl (C=O) groups is 2. The maximum absolute atomic E-state index is 12.2. The van der Waals surface area contributed by atoms with Crippen LogP contribution in [0.25, 0.3) is 0 Å². The molecule has 2 amide bonds. The lowest BCUT2D eigenvalue weighted by molar-refractivity contribution is -0.118. The van der Waals surface area contributed by atoms with Gasteiger partial charge in [0.15, 0.2) is 0 Å². The molecule has 2 rings (SSSR count). The number of halogens is 1. The van der Waals surface area contributed by atoms with Crippen molar-refractivity contribution in [1.82, 2.24) is 5.32 Å². The molecule has 7 heteroatoms. The average Bonchev–Trinajstić information content (AvgIpc) is 2.47. The van der Waals surface area contributed by atoms with Crippen LogP contribution in [-0.2, 0) is 9.53 Å². The van der Waals surface area contributed by atoms with Gasteiger partial charge in [-0.15, -0.1) is 0 Å². The first-order valence-electron chi connectivity index (χ1n) is 6.93. The van der Waals surface area contributed by atoms with Crippen LogP contribution >= 0.6 is 11.6 Å². The Kier molecular flexibility index (Phi) is 4.63. The van der Waals surface area contributed by atoms with Crippen LogP contribution in [-0.4, -0.2) is 28.7 Å². The number of amides is 2. The molecular formula is C15H19ClN2O4. The third-order valence-electron chi connectivity index (χ3n) is 3.10. The monoisotopic (exact) mass is 326 g/mol. The van der Waals surface area contributed by atoms with Gasteiger partial charge < -0.3 is 20.5 Å². The number of aliphatic hydroxyl groups excluding tert-OH is 1. The van der Waals surface area contributed by atoms with E-state index in [4.69, 9.17) is 16.3 Å². The van der Waals surface area contributed by atoms with Gasteiger partial charge in [0.25, 0.3) is 0 Å². The summed E-state index contributed by atoms with van der Waals surface area (Å²) in [6.07, 6.45) is -1.59. The van der Waals surface area contributed by atoms with E-state index in [1.807, 2.05) is 0 Å². The first-order chi connectivity index (χ1) is 10.2. The molecule has 1 aromatic rings. The fourth-order valence-electron chi connectivity index (χ4n) is 2.17. The second kappa shape index (κ2) is 6.14. The smallest absolute Gasteiger partial charge is 0.408 e. The second-order valence-corrected chi connectivity index (χ2v) is 6.61. The molecule has 0 radical (unpaired) electrons. The molecule has 0 saturated carbocycles. The summed E-state index contributed by atoms with van der Waals surface area (Å²) in [5, 5.41) is 15.9. The molecular weight excluding hydrogens is 308 g/mol. The van der Waals surface area contributed by atoms with Crippen LogP contribution in [0, 0.1) is 0 Å². The fraction of sp³-hybridized carbons (Fsp3) is 0.467. The van der Waals surface area contributed by atoms with Crippen molar-refractivity contribution in [2.45, 2.75) is 44.9 Å². The molecule has 0 bridgehead atoms. The molecule has 1 aliphatic rings. The first-order valence-corrected chi connectivity index (χ1v) is 7.31. The van der Waals surface area contributed by atoms with Crippen molar-refractivity contribution in [2.24, 2.45) is 0 Å². The summed E-state index contributed by atoms with van der Waals surface area (Å²) >= 11 is 5.91. The molecule has 1 aromatic carbocycles. The Bertz CT molecular complexity index is 598. The number of anilines is 1. The Balaban J connectivity index is 2.14. The van der Waals surface area contributed by atoms with E-state index in [0.29, 0.717) is 16.3 Å². The highest BCUT2D eigenvalue weighted by molar-refractivity contribution is 6.30. The summed E-state index contributed by atoms with van der Waals surface area (Å²) < 4.78 is 5.13. The van der Waals surface area contributed by atoms with Crippen LogP contribution < -0.4 is 10.6 Å². The van der Waals surface area contributed by atoms with E-state index in [1.165, 1.54) is 0 Å². The highest BCUT2D eigenvalue weighted by Gasteiger charge is 2.31. The van der Waals surface area contributed by atoms with Gasteiger partial charge in [-0.05, 0) is 39.0 Å². The van der Waals surface area contributed by atoms with Crippen molar-refractivity contribution in [3.63, 3.8) is 0 Å². The number of benzene rings is 1. The van der Waals surface area contributed by atoms with Crippen LogP contribution in [0.15, 0.2) is 18.2 Å². The summed E-state index contributed by atoms with van der Waals surface area (Å²) in [7, 11) is 0. The standard InChI is InChI=1S/C15H19ClN2O4/c1-15(2,3)22-14(21)18-11-7-12(19)9-6-8(16)4-5-10(9)17-13(11)20/h4-6,11-12,19H,7H2,1-3H3,(H,17,20)(H,18,21). The molecule has 120 valence electrons. The van der Waals surface area contributed by atoms with Crippen LogP contribution in [0.3, 0.4) is 0 Å². The van der Waals surface area contributed by atoms with E-state index in [1.54, 1.807) is 39.0 Å².